The minimum atomic E-state index is -0.903. The van der Waals surface area contributed by atoms with Gasteiger partial charge in [0.05, 0.1) is 5.56 Å². The van der Waals surface area contributed by atoms with E-state index >= 15 is 0 Å². The fraction of sp³-hybridized carbons (Fsp3) is 0.571. The average molecular weight is 280 g/mol. The van der Waals surface area contributed by atoms with Crippen molar-refractivity contribution >= 4 is 23.5 Å². The lowest BCUT2D eigenvalue weighted by Gasteiger charge is -2.14. The van der Waals surface area contributed by atoms with Crippen molar-refractivity contribution in [3.63, 3.8) is 0 Å². The van der Waals surface area contributed by atoms with Gasteiger partial charge in [-0.25, -0.2) is 9.78 Å². The van der Waals surface area contributed by atoms with Crippen LogP contribution in [0.5, 0.6) is 0 Å². The summed E-state index contributed by atoms with van der Waals surface area (Å²) in [5.74, 6) is 0.937. The molecule has 1 aromatic rings. The average Bonchev–Trinajstić information content (AvgIpc) is 2.76. The maximum Gasteiger partial charge on any atom is 0.335 e. The molecule has 1 heterocycles. The van der Waals surface area contributed by atoms with Crippen molar-refractivity contribution in [2.45, 2.75) is 44.4 Å². The molecule has 2 N–H and O–H groups in total. The highest BCUT2D eigenvalue weighted by Gasteiger charge is 2.24. The molecule has 1 saturated carbocycles. The minimum Gasteiger partial charge on any atom is -0.478 e. The largest absolute Gasteiger partial charge is 0.478 e. The van der Waals surface area contributed by atoms with Gasteiger partial charge in [-0.3, -0.25) is 0 Å². The molecule has 1 fully saturated rings. The molecule has 2 atom stereocenters. The highest BCUT2D eigenvalue weighted by atomic mass is 32.2. The summed E-state index contributed by atoms with van der Waals surface area (Å²) in [7, 11) is 0. The van der Waals surface area contributed by atoms with E-state index in [2.05, 4.69) is 17.2 Å². The molecule has 1 aromatic heterocycles. The van der Waals surface area contributed by atoms with Gasteiger partial charge in [-0.2, -0.15) is 11.8 Å². The molecule has 5 heteroatoms. The second-order valence-electron chi connectivity index (χ2n) is 4.92. The van der Waals surface area contributed by atoms with Crippen LogP contribution in [-0.4, -0.2) is 33.1 Å². The smallest absolute Gasteiger partial charge is 0.335 e. The molecule has 2 rings (SSSR count). The molecule has 0 amide bonds. The maximum atomic E-state index is 11.0. The highest BCUT2D eigenvalue weighted by molar-refractivity contribution is 7.99. The van der Waals surface area contributed by atoms with Crippen LogP contribution in [0.2, 0.25) is 0 Å². The zero-order valence-corrected chi connectivity index (χ0v) is 12.2. The van der Waals surface area contributed by atoms with Gasteiger partial charge >= 0.3 is 5.97 Å². The number of pyridine rings is 1. The van der Waals surface area contributed by atoms with Crippen molar-refractivity contribution in [2.24, 2.45) is 0 Å². The number of nitrogens with zero attached hydrogens (tertiary/aromatic N) is 1. The summed E-state index contributed by atoms with van der Waals surface area (Å²) >= 11 is 2.01. The predicted molar refractivity (Wildman–Crippen MR) is 79.1 cm³/mol. The van der Waals surface area contributed by atoms with Crippen molar-refractivity contribution in [3.8, 4) is 0 Å². The molecule has 1 aliphatic rings. The Morgan fingerprint density at radius 1 is 1.53 bits per heavy atom. The van der Waals surface area contributed by atoms with Crippen molar-refractivity contribution < 1.29 is 9.90 Å². The molecule has 0 bridgehead atoms. The van der Waals surface area contributed by atoms with Gasteiger partial charge in [0.15, 0.2) is 0 Å². The number of thioether (sulfide) groups is 1. The third-order valence-corrected chi connectivity index (χ3v) is 4.57. The fourth-order valence-electron chi connectivity index (χ4n) is 2.53. The summed E-state index contributed by atoms with van der Waals surface area (Å²) in [5.41, 5.74) is 1.03. The van der Waals surface area contributed by atoms with E-state index in [-0.39, 0.29) is 0 Å². The summed E-state index contributed by atoms with van der Waals surface area (Å²) < 4.78 is 0. The lowest BCUT2D eigenvalue weighted by atomic mass is 10.2. The van der Waals surface area contributed by atoms with E-state index in [1.807, 2.05) is 18.7 Å². The van der Waals surface area contributed by atoms with Gasteiger partial charge in [-0.05, 0) is 44.1 Å². The normalized spacial score (nSPS) is 22.4. The first-order chi connectivity index (χ1) is 9.08. The monoisotopic (exact) mass is 280 g/mol. The molecule has 0 radical (unpaired) electrons. The molecule has 4 nitrogen and oxygen atoms in total. The number of hydrogen-bond donors (Lipinski definition) is 2. The van der Waals surface area contributed by atoms with Crippen LogP contribution in [0.25, 0.3) is 0 Å². The Kier molecular flexibility index (Phi) is 4.69. The number of aromatic nitrogens is 1. The van der Waals surface area contributed by atoms with Crippen LogP contribution in [0.1, 0.15) is 42.2 Å². The topological polar surface area (TPSA) is 62.2 Å². The summed E-state index contributed by atoms with van der Waals surface area (Å²) in [6, 6.07) is 3.63. The molecule has 0 aromatic carbocycles. The first-order valence-corrected chi connectivity index (χ1v) is 7.73. The number of aryl methyl sites for hydroxylation is 1. The lowest BCUT2D eigenvalue weighted by molar-refractivity contribution is 0.0696. The van der Waals surface area contributed by atoms with Gasteiger partial charge in [-0.1, -0.05) is 6.92 Å². The first-order valence-electron chi connectivity index (χ1n) is 6.68. The van der Waals surface area contributed by atoms with Gasteiger partial charge < -0.3 is 10.4 Å². The number of anilines is 1. The van der Waals surface area contributed by atoms with Crippen molar-refractivity contribution in [1.82, 2.24) is 4.98 Å². The Morgan fingerprint density at radius 2 is 2.32 bits per heavy atom. The van der Waals surface area contributed by atoms with Gasteiger partial charge in [0.25, 0.3) is 0 Å². The number of hydrogen-bond acceptors (Lipinski definition) is 4. The number of aromatic carboxylic acids is 1. The van der Waals surface area contributed by atoms with Crippen LogP contribution in [0, 0.1) is 6.92 Å². The standard InChI is InChI=1S/C14H20N2O2S/c1-3-19-12-5-4-11(8-12)16-13-7-10(14(17)18)6-9(2)15-13/h6-7,11-12H,3-5,8H2,1-2H3,(H,15,16)(H,17,18). The Hall–Kier alpha value is -1.23. The zero-order chi connectivity index (χ0) is 13.8. The van der Waals surface area contributed by atoms with E-state index in [1.165, 1.54) is 6.42 Å². The van der Waals surface area contributed by atoms with Gasteiger partial charge in [0.1, 0.15) is 5.82 Å². The molecule has 1 aliphatic carbocycles. The first kappa shape index (κ1) is 14.2. The van der Waals surface area contributed by atoms with Crippen LogP contribution in [0.4, 0.5) is 5.82 Å². The molecule has 104 valence electrons. The minimum absolute atomic E-state index is 0.299. The van der Waals surface area contributed by atoms with Crippen molar-refractivity contribution in [3.05, 3.63) is 23.4 Å². The van der Waals surface area contributed by atoms with Crippen LogP contribution in [-0.2, 0) is 0 Å². The third-order valence-electron chi connectivity index (χ3n) is 3.34. The number of carbonyl (C=O) groups is 1. The summed E-state index contributed by atoms with van der Waals surface area (Å²) in [6.07, 6.45) is 3.50. The van der Waals surface area contributed by atoms with Crippen LogP contribution >= 0.6 is 11.8 Å². The molecule has 0 saturated heterocycles. The number of carboxylic acid groups (broad SMARTS) is 1. The Labute approximate surface area is 118 Å². The van der Waals surface area contributed by atoms with E-state index in [4.69, 9.17) is 5.11 Å². The molecular weight excluding hydrogens is 260 g/mol. The van der Waals surface area contributed by atoms with E-state index in [1.54, 1.807) is 12.1 Å². The number of nitrogens with one attached hydrogen (secondary N) is 1. The molecule has 0 spiro atoms. The summed E-state index contributed by atoms with van der Waals surface area (Å²) in [6.45, 7) is 4.01. The molecule has 19 heavy (non-hydrogen) atoms. The van der Waals surface area contributed by atoms with Gasteiger partial charge in [0.2, 0.25) is 0 Å². The van der Waals surface area contributed by atoms with Gasteiger partial charge in [-0.15, -0.1) is 0 Å². The highest BCUT2D eigenvalue weighted by Crippen LogP contribution is 2.31. The Morgan fingerprint density at radius 3 is 3.00 bits per heavy atom. The zero-order valence-electron chi connectivity index (χ0n) is 11.3. The van der Waals surface area contributed by atoms with E-state index in [0.29, 0.717) is 17.4 Å². The van der Waals surface area contributed by atoms with Crippen molar-refractivity contribution in [2.75, 3.05) is 11.1 Å². The Balaban J connectivity index is 2.01. The predicted octanol–water partition coefficient (Wildman–Crippen LogP) is 3.17. The fourth-order valence-corrected chi connectivity index (χ4v) is 3.68. The van der Waals surface area contributed by atoms with Crippen LogP contribution in [0.15, 0.2) is 12.1 Å². The van der Waals surface area contributed by atoms with E-state index < -0.39 is 5.97 Å². The second kappa shape index (κ2) is 6.28. The number of carboxylic acids is 1. The second-order valence-corrected chi connectivity index (χ2v) is 6.50. The maximum absolute atomic E-state index is 11.0. The molecular formula is C14H20N2O2S. The quantitative estimate of drug-likeness (QED) is 0.867. The van der Waals surface area contributed by atoms with Crippen LogP contribution < -0.4 is 5.32 Å². The summed E-state index contributed by atoms with van der Waals surface area (Å²) in [5, 5.41) is 13.2. The molecule has 0 aliphatic heterocycles. The van der Waals surface area contributed by atoms with E-state index in [9.17, 15) is 4.79 Å². The van der Waals surface area contributed by atoms with E-state index in [0.717, 1.165) is 29.5 Å². The third kappa shape index (κ3) is 3.86. The summed E-state index contributed by atoms with van der Waals surface area (Å²) in [4.78, 5) is 15.4. The SMILES string of the molecule is CCSC1CCC(Nc2cc(C(=O)O)cc(C)n2)C1. The molecule has 2 unspecified atom stereocenters. The van der Waals surface area contributed by atoms with Gasteiger partial charge in [0, 0.05) is 17.0 Å². The number of rotatable bonds is 5. The lowest BCUT2D eigenvalue weighted by Crippen LogP contribution is -2.17. The van der Waals surface area contributed by atoms with Crippen LogP contribution in [0.3, 0.4) is 0 Å². The Bertz CT molecular complexity index is 465. The van der Waals surface area contributed by atoms with Crippen molar-refractivity contribution in [1.29, 1.82) is 0 Å².